The minimum Gasteiger partial charge on any atom is -0.382 e. The smallest absolute Gasteiger partial charge is 0.102 e. The van der Waals surface area contributed by atoms with E-state index in [0.29, 0.717) is 13.2 Å². The van der Waals surface area contributed by atoms with Gasteiger partial charge in [0.1, 0.15) is 6.54 Å². The lowest BCUT2D eigenvalue weighted by Gasteiger charge is -2.35. The molecule has 0 atom stereocenters. The summed E-state index contributed by atoms with van der Waals surface area (Å²) in [6, 6.07) is 14.8. The van der Waals surface area contributed by atoms with Crippen LogP contribution >= 0.6 is 23.4 Å². The average molecular weight is 422 g/mol. The minimum atomic E-state index is 0.655. The first-order chi connectivity index (χ1) is 13.5. The molecule has 1 aliphatic rings. The van der Waals surface area contributed by atoms with E-state index in [-0.39, 0.29) is 0 Å². The molecule has 2 aromatic rings. The Morgan fingerprint density at radius 1 is 0.964 bits per heavy atom. The number of halogens is 1. The highest BCUT2D eigenvalue weighted by atomic mass is 35.5. The van der Waals surface area contributed by atoms with Crippen molar-refractivity contribution in [3.8, 4) is 0 Å². The molecule has 3 rings (SSSR count). The number of benzene rings is 2. The van der Waals surface area contributed by atoms with Crippen LogP contribution < -0.4 is 4.90 Å². The van der Waals surface area contributed by atoms with Gasteiger partial charge in [-0.1, -0.05) is 35.5 Å². The Morgan fingerprint density at radius 3 is 2.57 bits per heavy atom. The van der Waals surface area contributed by atoms with Crippen LogP contribution in [-0.4, -0.2) is 65.1 Å². The molecule has 0 saturated heterocycles. The van der Waals surface area contributed by atoms with E-state index >= 15 is 0 Å². The number of nitrogens with zero attached hydrogens (tertiary/aromatic N) is 2. The highest BCUT2D eigenvalue weighted by Crippen LogP contribution is 2.48. The Labute approximate surface area is 178 Å². The maximum absolute atomic E-state index is 6.31. The van der Waals surface area contributed by atoms with Crippen molar-refractivity contribution in [1.82, 2.24) is 0 Å². The third-order valence-electron chi connectivity index (χ3n) is 5.01. The van der Waals surface area contributed by atoms with Crippen molar-refractivity contribution in [1.29, 1.82) is 0 Å². The summed E-state index contributed by atoms with van der Waals surface area (Å²) in [6.07, 6.45) is 1.09. The number of likely N-dealkylation sites (N-methyl/N-ethyl adjacent to an activating group) is 1. The van der Waals surface area contributed by atoms with Gasteiger partial charge >= 0.3 is 0 Å². The Kier molecular flexibility index (Phi) is 7.66. The predicted molar refractivity (Wildman–Crippen MR) is 118 cm³/mol. The van der Waals surface area contributed by atoms with Crippen LogP contribution in [0.3, 0.4) is 0 Å². The number of ether oxygens (including phenoxy) is 2. The molecule has 4 nitrogen and oxygen atoms in total. The molecule has 0 bridgehead atoms. The molecule has 0 N–H and O–H groups in total. The van der Waals surface area contributed by atoms with Gasteiger partial charge in [0.2, 0.25) is 0 Å². The number of rotatable bonds is 10. The van der Waals surface area contributed by atoms with Gasteiger partial charge in [-0.05, 0) is 30.3 Å². The summed E-state index contributed by atoms with van der Waals surface area (Å²) in [5.41, 5.74) is 2.49. The van der Waals surface area contributed by atoms with Crippen molar-refractivity contribution >= 4 is 34.7 Å². The predicted octanol–water partition coefficient (Wildman–Crippen LogP) is 5.07. The second kappa shape index (κ2) is 9.99. The number of hydrogen-bond acceptors (Lipinski definition) is 4. The van der Waals surface area contributed by atoms with Gasteiger partial charge in [-0.15, -0.1) is 0 Å². The van der Waals surface area contributed by atoms with Crippen LogP contribution in [0.25, 0.3) is 0 Å². The van der Waals surface area contributed by atoms with Gasteiger partial charge < -0.3 is 18.9 Å². The third kappa shape index (κ3) is 5.65. The molecule has 1 aliphatic heterocycles. The number of anilines is 2. The monoisotopic (exact) mass is 421 g/mol. The Balaban J connectivity index is 1.62. The first kappa shape index (κ1) is 21.5. The van der Waals surface area contributed by atoms with E-state index in [1.807, 2.05) is 17.8 Å². The molecule has 0 amide bonds. The molecule has 0 aliphatic carbocycles. The SMILES string of the molecule is COCCOCC[N+](C)(C)CCCN1c2ccccc2Sc2ccc(Cl)cc21. The fraction of sp³-hybridized carbons (Fsp3) is 0.455. The van der Waals surface area contributed by atoms with E-state index in [1.165, 1.54) is 21.2 Å². The van der Waals surface area contributed by atoms with Crippen molar-refractivity contribution < 1.29 is 14.0 Å². The van der Waals surface area contributed by atoms with Crippen LogP contribution in [0.2, 0.25) is 5.02 Å². The van der Waals surface area contributed by atoms with E-state index in [0.717, 1.165) is 42.2 Å². The van der Waals surface area contributed by atoms with Crippen LogP contribution in [-0.2, 0) is 9.47 Å². The van der Waals surface area contributed by atoms with Gasteiger partial charge in [0, 0.05) is 34.9 Å². The van der Waals surface area contributed by atoms with E-state index in [1.54, 1.807) is 7.11 Å². The number of quaternary nitrogens is 1. The van der Waals surface area contributed by atoms with E-state index < -0.39 is 0 Å². The molecule has 0 unspecified atom stereocenters. The van der Waals surface area contributed by atoms with Crippen molar-refractivity contribution in [3.63, 3.8) is 0 Å². The normalized spacial score (nSPS) is 13.4. The lowest BCUT2D eigenvalue weighted by Crippen LogP contribution is -2.44. The summed E-state index contributed by atoms with van der Waals surface area (Å²) in [7, 11) is 6.24. The topological polar surface area (TPSA) is 21.7 Å². The maximum atomic E-state index is 6.31. The van der Waals surface area contributed by atoms with Crippen LogP contribution in [0, 0.1) is 0 Å². The number of methoxy groups -OCH3 is 1. The number of hydrogen-bond donors (Lipinski definition) is 0. The summed E-state index contributed by atoms with van der Waals surface area (Å²) < 4.78 is 11.6. The van der Waals surface area contributed by atoms with Crippen molar-refractivity contribution in [2.24, 2.45) is 0 Å². The van der Waals surface area contributed by atoms with Gasteiger partial charge in [-0.2, -0.15) is 0 Å². The number of fused-ring (bicyclic) bond motifs is 2. The molecule has 28 heavy (non-hydrogen) atoms. The molecule has 0 saturated carbocycles. The fourth-order valence-corrected chi connectivity index (χ4v) is 4.61. The summed E-state index contributed by atoms with van der Waals surface area (Å²) in [5, 5.41) is 0.785. The Hall–Kier alpha value is -1.24. The standard InChI is InChI=1S/C22H30ClN2O2S/c1-25(2,13-14-27-16-15-26-3)12-6-11-24-19-7-4-5-8-21(19)28-22-10-9-18(23)17-20(22)24/h4-5,7-10,17H,6,11-16H2,1-3H3/q+1. The Morgan fingerprint density at radius 2 is 1.75 bits per heavy atom. The first-order valence-corrected chi connectivity index (χ1v) is 10.9. The zero-order chi connectivity index (χ0) is 20.0. The second-order valence-electron chi connectivity index (χ2n) is 7.68. The average Bonchev–Trinajstić information content (AvgIpc) is 2.67. The lowest BCUT2D eigenvalue weighted by molar-refractivity contribution is -0.890. The molecule has 0 spiro atoms. The molecule has 2 aromatic carbocycles. The second-order valence-corrected chi connectivity index (χ2v) is 9.20. The van der Waals surface area contributed by atoms with Crippen LogP contribution in [0.1, 0.15) is 6.42 Å². The van der Waals surface area contributed by atoms with Gasteiger partial charge in [-0.3, -0.25) is 0 Å². The van der Waals surface area contributed by atoms with E-state index in [9.17, 15) is 0 Å². The third-order valence-corrected chi connectivity index (χ3v) is 6.37. The summed E-state index contributed by atoms with van der Waals surface area (Å²) >= 11 is 8.13. The lowest BCUT2D eigenvalue weighted by atomic mass is 10.2. The largest absolute Gasteiger partial charge is 0.382 e. The molecule has 1 heterocycles. The van der Waals surface area contributed by atoms with Crippen molar-refractivity contribution in [2.75, 3.05) is 65.6 Å². The van der Waals surface area contributed by atoms with Crippen molar-refractivity contribution in [2.45, 2.75) is 16.2 Å². The fourth-order valence-electron chi connectivity index (χ4n) is 3.37. The minimum absolute atomic E-state index is 0.655. The summed E-state index contributed by atoms with van der Waals surface area (Å²) in [6.45, 7) is 5.14. The number of para-hydroxylation sites is 1. The highest BCUT2D eigenvalue weighted by Gasteiger charge is 2.24. The zero-order valence-electron chi connectivity index (χ0n) is 17.0. The van der Waals surface area contributed by atoms with Gasteiger partial charge in [0.15, 0.2) is 0 Å². The summed E-state index contributed by atoms with van der Waals surface area (Å²) in [4.78, 5) is 4.99. The molecule has 0 fully saturated rings. The molecular formula is C22H30ClN2O2S+. The molecule has 0 radical (unpaired) electrons. The Bertz CT molecular complexity index is 785. The highest BCUT2D eigenvalue weighted by molar-refractivity contribution is 7.99. The molecule has 152 valence electrons. The molecule has 0 aromatic heterocycles. The maximum Gasteiger partial charge on any atom is 0.102 e. The van der Waals surface area contributed by atoms with Crippen LogP contribution in [0.15, 0.2) is 52.3 Å². The quantitative estimate of drug-likeness (QED) is 0.394. The van der Waals surface area contributed by atoms with E-state index in [2.05, 4.69) is 55.4 Å². The summed E-state index contributed by atoms with van der Waals surface area (Å²) in [5.74, 6) is 0. The van der Waals surface area contributed by atoms with Crippen molar-refractivity contribution in [3.05, 3.63) is 47.5 Å². The molecular weight excluding hydrogens is 392 g/mol. The van der Waals surface area contributed by atoms with Gasteiger partial charge in [0.25, 0.3) is 0 Å². The van der Waals surface area contributed by atoms with E-state index in [4.69, 9.17) is 21.1 Å². The zero-order valence-corrected chi connectivity index (χ0v) is 18.6. The van der Waals surface area contributed by atoms with Gasteiger partial charge in [0.05, 0.1) is 51.8 Å². The first-order valence-electron chi connectivity index (χ1n) is 9.73. The molecule has 6 heteroatoms. The van der Waals surface area contributed by atoms with Crippen LogP contribution in [0.4, 0.5) is 11.4 Å². The van der Waals surface area contributed by atoms with Gasteiger partial charge in [-0.25, -0.2) is 0 Å². The van der Waals surface area contributed by atoms with Crippen LogP contribution in [0.5, 0.6) is 0 Å².